The first kappa shape index (κ1) is 19.0. The average molecular weight is 366 g/mol. The van der Waals surface area contributed by atoms with Crippen LogP contribution in [-0.2, 0) is 20.9 Å². The van der Waals surface area contributed by atoms with E-state index >= 15 is 0 Å². The zero-order valence-electron chi connectivity index (χ0n) is 15.9. The van der Waals surface area contributed by atoms with E-state index < -0.39 is 6.04 Å². The minimum absolute atomic E-state index is 0.0265. The zero-order valence-corrected chi connectivity index (χ0v) is 15.9. The molecule has 1 amide bonds. The lowest BCUT2D eigenvalue weighted by Gasteiger charge is -2.42. The summed E-state index contributed by atoms with van der Waals surface area (Å²) in [5.41, 5.74) is 3.18. The summed E-state index contributed by atoms with van der Waals surface area (Å²) in [6.07, 6.45) is 0.0618. The van der Waals surface area contributed by atoms with Gasteiger partial charge in [0.2, 0.25) is 5.91 Å². The Kier molecular flexibility index (Phi) is 6.12. The molecule has 0 bridgehead atoms. The van der Waals surface area contributed by atoms with Gasteiger partial charge < -0.3 is 14.5 Å². The number of anilines is 1. The summed E-state index contributed by atoms with van der Waals surface area (Å²) in [6, 6.07) is 17.4. The Bertz CT molecular complexity index is 791. The van der Waals surface area contributed by atoms with Crippen LogP contribution in [0.2, 0.25) is 0 Å². The monoisotopic (exact) mass is 366 g/mol. The molecule has 2 aromatic rings. The zero-order chi connectivity index (χ0) is 19.2. The number of para-hydroxylation sites is 1. The van der Waals surface area contributed by atoms with Gasteiger partial charge in [0.05, 0.1) is 13.0 Å². The van der Waals surface area contributed by atoms with Crippen molar-refractivity contribution in [2.45, 2.75) is 32.9 Å². The van der Waals surface area contributed by atoms with Crippen LogP contribution < -0.4 is 4.90 Å². The number of hydrogen-bond donors (Lipinski definition) is 0. The standard InChI is InChI=1S/C22H26N2O3/c1-3-27-21(25)15-20-22(26)23(16-18-10-5-4-6-11-18)13-14-24(20)19-12-8-7-9-17(19)2/h4-12,20H,3,13-16H2,1-2H3. The molecule has 1 heterocycles. The number of carbonyl (C=O) groups excluding carboxylic acids is 2. The molecule has 0 aliphatic carbocycles. The Morgan fingerprint density at radius 2 is 1.78 bits per heavy atom. The molecule has 0 radical (unpaired) electrons. The largest absolute Gasteiger partial charge is 0.466 e. The third-order valence-corrected chi connectivity index (χ3v) is 4.89. The summed E-state index contributed by atoms with van der Waals surface area (Å²) in [5.74, 6) is -0.364. The van der Waals surface area contributed by atoms with Crippen LogP contribution in [0.25, 0.3) is 0 Å². The number of amides is 1. The molecule has 1 unspecified atom stereocenters. The minimum Gasteiger partial charge on any atom is -0.466 e. The van der Waals surface area contributed by atoms with Gasteiger partial charge in [-0.05, 0) is 31.0 Å². The first-order valence-corrected chi connectivity index (χ1v) is 9.40. The molecule has 3 rings (SSSR count). The van der Waals surface area contributed by atoms with Crippen LogP contribution in [0.15, 0.2) is 54.6 Å². The van der Waals surface area contributed by atoms with Gasteiger partial charge in [-0.15, -0.1) is 0 Å². The number of carbonyl (C=O) groups is 2. The third-order valence-electron chi connectivity index (χ3n) is 4.89. The highest BCUT2D eigenvalue weighted by Gasteiger charge is 2.37. The Morgan fingerprint density at radius 3 is 2.48 bits per heavy atom. The molecule has 0 spiro atoms. The van der Waals surface area contributed by atoms with Crippen LogP contribution in [0.3, 0.4) is 0 Å². The van der Waals surface area contributed by atoms with Crippen molar-refractivity contribution in [1.29, 1.82) is 0 Å². The van der Waals surface area contributed by atoms with Crippen molar-refractivity contribution in [2.75, 3.05) is 24.6 Å². The van der Waals surface area contributed by atoms with Gasteiger partial charge >= 0.3 is 5.97 Å². The number of aryl methyl sites for hydroxylation is 1. The Balaban J connectivity index is 1.84. The predicted octanol–water partition coefficient (Wildman–Crippen LogP) is 3.17. The van der Waals surface area contributed by atoms with Crippen LogP contribution in [0.5, 0.6) is 0 Å². The topological polar surface area (TPSA) is 49.9 Å². The molecule has 1 atom stereocenters. The Morgan fingerprint density at radius 1 is 1.07 bits per heavy atom. The maximum Gasteiger partial charge on any atom is 0.308 e. The fourth-order valence-electron chi connectivity index (χ4n) is 3.55. The van der Waals surface area contributed by atoms with E-state index in [0.29, 0.717) is 26.2 Å². The second-order valence-electron chi connectivity index (χ2n) is 6.75. The quantitative estimate of drug-likeness (QED) is 0.737. The molecule has 0 aromatic heterocycles. The first-order chi connectivity index (χ1) is 13.1. The summed E-state index contributed by atoms with van der Waals surface area (Å²) < 4.78 is 5.12. The number of ether oxygens (including phenoxy) is 1. The lowest BCUT2D eigenvalue weighted by atomic mass is 10.0. The van der Waals surface area contributed by atoms with Gasteiger partial charge in [-0.2, -0.15) is 0 Å². The lowest BCUT2D eigenvalue weighted by molar-refractivity contribution is -0.147. The second-order valence-corrected chi connectivity index (χ2v) is 6.75. The highest BCUT2D eigenvalue weighted by molar-refractivity contribution is 5.91. The van der Waals surface area contributed by atoms with Gasteiger partial charge in [0.15, 0.2) is 0 Å². The Hall–Kier alpha value is -2.82. The smallest absolute Gasteiger partial charge is 0.308 e. The molecular weight excluding hydrogens is 340 g/mol. The van der Waals surface area contributed by atoms with Crippen molar-refractivity contribution in [2.24, 2.45) is 0 Å². The van der Waals surface area contributed by atoms with Crippen LogP contribution in [-0.4, -0.2) is 42.5 Å². The molecule has 1 aliphatic heterocycles. The highest BCUT2D eigenvalue weighted by atomic mass is 16.5. The third kappa shape index (κ3) is 4.48. The van der Waals surface area contributed by atoms with Crippen molar-refractivity contribution >= 4 is 17.6 Å². The summed E-state index contributed by atoms with van der Waals surface area (Å²) >= 11 is 0. The fourth-order valence-corrected chi connectivity index (χ4v) is 3.55. The molecule has 5 nitrogen and oxygen atoms in total. The number of esters is 1. The molecule has 5 heteroatoms. The minimum atomic E-state index is -0.539. The van der Waals surface area contributed by atoms with Crippen LogP contribution in [0.4, 0.5) is 5.69 Å². The van der Waals surface area contributed by atoms with Crippen molar-refractivity contribution in [3.05, 3.63) is 65.7 Å². The number of hydrogen-bond acceptors (Lipinski definition) is 4. The molecule has 2 aromatic carbocycles. The van der Waals surface area contributed by atoms with E-state index in [-0.39, 0.29) is 18.3 Å². The first-order valence-electron chi connectivity index (χ1n) is 9.40. The van der Waals surface area contributed by atoms with E-state index in [0.717, 1.165) is 16.8 Å². The summed E-state index contributed by atoms with van der Waals surface area (Å²) in [5, 5.41) is 0. The van der Waals surface area contributed by atoms with E-state index in [1.807, 2.05) is 66.4 Å². The van der Waals surface area contributed by atoms with Crippen molar-refractivity contribution in [3.8, 4) is 0 Å². The van der Waals surface area contributed by atoms with E-state index in [9.17, 15) is 9.59 Å². The van der Waals surface area contributed by atoms with Gasteiger partial charge in [-0.25, -0.2) is 0 Å². The lowest BCUT2D eigenvalue weighted by Crippen LogP contribution is -2.57. The number of piperazine rings is 1. The van der Waals surface area contributed by atoms with E-state index in [1.165, 1.54) is 0 Å². The maximum absolute atomic E-state index is 13.2. The molecule has 1 fully saturated rings. The SMILES string of the molecule is CCOC(=O)CC1C(=O)N(Cc2ccccc2)CCN1c1ccccc1C. The van der Waals surface area contributed by atoms with Crippen molar-refractivity contribution in [3.63, 3.8) is 0 Å². The van der Waals surface area contributed by atoms with Crippen molar-refractivity contribution < 1.29 is 14.3 Å². The van der Waals surface area contributed by atoms with E-state index in [1.54, 1.807) is 6.92 Å². The maximum atomic E-state index is 13.2. The number of nitrogens with zero attached hydrogens (tertiary/aromatic N) is 2. The van der Waals surface area contributed by atoms with Crippen LogP contribution in [0, 0.1) is 6.92 Å². The van der Waals surface area contributed by atoms with Gasteiger partial charge in [0, 0.05) is 25.3 Å². The predicted molar refractivity (Wildman–Crippen MR) is 105 cm³/mol. The van der Waals surface area contributed by atoms with Gasteiger partial charge in [-0.3, -0.25) is 9.59 Å². The molecule has 1 saturated heterocycles. The van der Waals surface area contributed by atoms with E-state index in [4.69, 9.17) is 4.74 Å². The normalized spacial score (nSPS) is 17.1. The fraction of sp³-hybridized carbons (Fsp3) is 0.364. The van der Waals surface area contributed by atoms with Crippen LogP contribution >= 0.6 is 0 Å². The highest BCUT2D eigenvalue weighted by Crippen LogP contribution is 2.27. The second kappa shape index (κ2) is 8.71. The Labute approximate surface area is 160 Å². The molecule has 142 valence electrons. The van der Waals surface area contributed by atoms with Gasteiger partial charge in [0.25, 0.3) is 0 Å². The summed E-state index contributed by atoms with van der Waals surface area (Å²) in [7, 11) is 0. The van der Waals surface area contributed by atoms with Crippen LogP contribution in [0.1, 0.15) is 24.5 Å². The average Bonchev–Trinajstić information content (AvgIpc) is 2.67. The summed E-state index contributed by atoms with van der Waals surface area (Å²) in [4.78, 5) is 29.3. The van der Waals surface area contributed by atoms with Crippen molar-refractivity contribution in [1.82, 2.24) is 4.90 Å². The molecule has 1 aliphatic rings. The van der Waals surface area contributed by atoms with Gasteiger partial charge in [-0.1, -0.05) is 48.5 Å². The molecule has 0 saturated carbocycles. The number of benzene rings is 2. The molecule has 0 N–H and O–H groups in total. The molecular formula is C22H26N2O3. The summed E-state index contributed by atoms with van der Waals surface area (Å²) in [6.45, 7) is 5.99. The van der Waals surface area contributed by atoms with Gasteiger partial charge in [0.1, 0.15) is 6.04 Å². The number of rotatable bonds is 6. The van der Waals surface area contributed by atoms with E-state index in [2.05, 4.69) is 4.90 Å². The molecule has 27 heavy (non-hydrogen) atoms.